The average Bonchev–Trinajstić information content (AvgIpc) is 1.51. The van der Waals surface area contributed by atoms with Gasteiger partial charge in [0.1, 0.15) is 0 Å². The quantitative estimate of drug-likeness (QED) is 0.183. The highest BCUT2D eigenvalue weighted by Gasteiger charge is 2.41. The summed E-state index contributed by atoms with van der Waals surface area (Å²) in [7, 11) is 0. The molecule has 8 nitrogen and oxygen atoms in total. The second-order valence-electron chi connectivity index (χ2n) is 36.0. The van der Waals surface area contributed by atoms with Crippen molar-refractivity contribution in [3.05, 3.63) is 281 Å². The lowest BCUT2D eigenvalue weighted by Gasteiger charge is -2.32. The number of nitrogens with one attached hydrogen (secondary N) is 2. The van der Waals surface area contributed by atoms with Gasteiger partial charge in [0.15, 0.2) is 23.1 Å². The first kappa shape index (κ1) is 70.4. The summed E-state index contributed by atoms with van der Waals surface area (Å²) < 4.78 is 4.87. The minimum atomic E-state index is -0.527. The molecule has 11 rings (SSSR count). The van der Waals surface area contributed by atoms with Crippen LogP contribution in [-0.2, 0) is 32.3 Å². The van der Waals surface area contributed by atoms with E-state index in [1.807, 2.05) is 0 Å². The number of rotatable bonds is 4. The molecule has 0 saturated carbocycles. The van der Waals surface area contributed by atoms with E-state index >= 15 is 19.2 Å². The van der Waals surface area contributed by atoms with Crippen LogP contribution in [0.5, 0.6) is 0 Å². The molecule has 0 atom stereocenters. The molecule has 1 aliphatic heterocycles. The number of fused-ring (bicyclic) bond motifs is 8. The molecular formula is C90H104N4O4. The Morgan fingerprint density at radius 3 is 0.582 bits per heavy atom. The van der Waals surface area contributed by atoms with E-state index in [1.165, 1.54) is 0 Å². The van der Waals surface area contributed by atoms with E-state index < -0.39 is 43.3 Å². The number of Topliss-reactive ketones (excluding diaryl/α,β-unsaturated/α-hetero) is 4. The van der Waals surface area contributed by atoms with Crippen LogP contribution in [0.4, 0.5) is 0 Å². The van der Waals surface area contributed by atoms with Crippen LogP contribution in [-0.4, -0.2) is 42.2 Å². The number of nitrogens with zero attached hydrogens (tertiary/aromatic N) is 2. The largest absolute Gasteiger partial charge is 0.354 e. The standard InChI is InChI=1S/C90H104N4O4/c1-83(2,3)59-43-55(44-60(79(59)95)84(4,5)6)75-67-35-36-68(91-67)76(56-45-61(85(7,8)9)80(96)62(46-56)86(10,11)12)73-41-42-74(94(73)52-54-33-29-26-30-34-54)78(58-49-65(89(19,20)21)82(98)66(50-58)90(22,23)24)70-38-37-69(92-70)77(72-40-39-71(75)93(72)51-53-31-27-25-28-32-53)57-47-63(87(13,14)15)81(97)64(48-57)88(16,17)18/h25-50,91-92H,51-52H2,1-24H3. The molecule has 4 aromatic heterocycles. The van der Waals surface area contributed by atoms with Crippen molar-refractivity contribution in [3.8, 4) is 0 Å². The molecule has 0 amide bonds. The zero-order valence-corrected chi connectivity index (χ0v) is 63.0. The second-order valence-corrected chi connectivity index (χ2v) is 36.0. The molecule has 5 heterocycles. The van der Waals surface area contributed by atoms with Crippen LogP contribution in [0.2, 0.25) is 0 Å². The summed E-state index contributed by atoms with van der Waals surface area (Å²) in [6.45, 7) is 52.0. The predicted molar refractivity (Wildman–Crippen MR) is 406 cm³/mol. The fourth-order valence-electron chi connectivity index (χ4n) is 14.4. The van der Waals surface area contributed by atoms with E-state index in [4.69, 9.17) is 0 Å². The number of ketones is 4. The maximum atomic E-state index is 15.2. The minimum absolute atomic E-state index is 0.0421. The van der Waals surface area contributed by atoms with Crippen LogP contribution in [0.15, 0.2) is 225 Å². The van der Waals surface area contributed by atoms with Crippen LogP contribution >= 0.6 is 0 Å². The van der Waals surface area contributed by atoms with E-state index in [-0.39, 0.29) is 23.1 Å². The van der Waals surface area contributed by atoms with E-state index in [9.17, 15) is 0 Å². The van der Waals surface area contributed by atoms with Gasteiger partial charge >= 0.3 is 0 Å². The smallest absolute Gasteiger partial charge is 0.186 e. The first-order chi connectivity index (χ1) is 45.3. The number of carbonyl (C=O) groups excluding carboxylic acids is 4. The summed E-state index contributed by atoms with van der Waals surface area (Å²) >= 11 is 0. The minimum Gasteiger partial charge on any atom is -0.354 e. The second kappa shape index (κ2) is 24.5. The highest BCUT2D eigenvalue weighted by atomic mass is 16.1. The number of aromatic nitrogens is 4. The topological polar surface area (TPSA) is 110 Å². The van der Waals surface area contributed by atoms with Crippen molar-refractivity contribution in [2.75, 3.05) is 0 Å². The molecule has 0 spiro atoms. The summed E-state index contributed by atoms with van der Waals surface area (Å²) in [6, 6.07) is 39.0. The SMILES string of the molecule is CC(C)(C)C1=CC(=C2c3ccc([nH]3)C(=C3C=C(C(C)(C)C)C(=O)C(C(C)(C)C)=C3)c3ccc(n3Cc3ccccc3)C(=C3C=C(C(C)(C)C)C(=O)C(C(C)(C)C)=C3)c3ccc([nH]3)C(=C3C=C(C(C)(C)C)C(=O)C(C(C)(C)C)=C3)c3ccc2n3Cc2ccccc2)C=C(C(C)(C)C)C1=O. The Morgan fingerprint density at radius 2 is 0.418 bits per heavy atom. The number of benzene rings is 2. The lowest BCUT2D eigenvalue weighted by Crippen LogP contribution is -2.28. The summed E-state index contributed by atoms with van der Waals surface area (Å²) in [4.78, 5) is 69.1. The van der Waals surface area contributed by atoms with Gasteiger partial charge in [-0.05, 0) is 174 Å². The molecule has 0 saturated heterocycles. The molecular weight excluding hydrogens is 1200 g/mol. The molecule has 2 N–H and O–H groups in total. The van der Waals surface area contributed by atoms with Gasteiger partial charge in [-0.3, -0.25) is 19.2 Å². The van der Waals surface area contributed by atoms with Gasteiger partial charge in [0.2, 0.25) is 0 Å². The molecule has 6 aromatic rings. The lowest BCUT2D eigenvalue weighted by atomic mass is 9.71. The van der Waals surface area contributed by atoms with Crippen molar-refractivity contribution in [3.63, 3.8) is 0 Å². The zero-order chi connectivity index (χ0) is 71.7. The van der Waals surface area contributed by atoms with Gasteiger partial charge in [-0.1, -0.05) is 227 Å². The maximum absolute atomic E-state index is 15.2. The molecule has 98 heavy (non-hydrogen) atoms. The molecule has 4 aliphatic carbocycles. The average molecular weight is 1310 g/mol. The molecule has 8 heteroatoms. The third kappa shape index (κ3) is 13.5. The van der Waals surface area contributed by atoms with Gasteiger partial charge in [0, 0.05) is 103 Å². The van der Waals surface area contributed by atoms with Gasteiger partial charge in [0.25, 0.3) is 0 Å². The van der Waals surface area contributed by atoms with Crippen LogP contribution in [0.1, 0.15) is 223 Å². The Morgan fingerprint density at radius 1 is 0.245 bits per heavy atom. The van der Waals surface area contributed by atoms with Gasteiger partial charge in [-0.2, -0.15) is 0 Å². The van der Waals surface area contributed by atoms with Crippen LogP contribution in [0.3, 0.4) is 0 Å². The fourth-order valence-corrected chi connectivity index (χ4v) is 14.4. The Kier molecular flexibility index (Phi) is 17.6. The Labute approximate surface area is 584 Å². The van der Waals surface area contributed by atoms with Crippen molar-refractivity contribution >= 4 is 45.4 Å². The number of carbonyl (C=O) groups is 4. The first-order valence-corrected chi connectivity index (χ1v) is 35.1. The first-order valence-electron chi connectivity index (χ1n) is 35.1. The highest BCUT2D eigenvalue weighted by molar-refractivity contribution is 6.16. The van der Waals surface area contributed by atoms with E-state index in [0.29, 0.717) is 13.1 Å². The van der Waals surface area contributed by atoms with Crippen molar-refractivity contribution in [1.29, 1.82) is 0 Å². The third-order valence-electron chi connectivity index (χ3n) is 19.8. The Bertz CT molecular complexity index is 4040. The van der Waals surface area contributed by atoms with Gasteiger partial charge < -0.3 is 19.1 Å². The maximum Gasteiger partial charge on any atom is 0.186 e. The molecule has 0 radical (unpaired) electrons. The van der Waals surface area contributed by atoms with E-state index in [1.54, 1.807) is 0 Å². The van der Waals surface area contributed by atoms with Crippen LogP contribution in [0, 0.1) is 43.3 Å². The molecule has 0 unspecified atom stereocenters. The van der Waals surface area contributed by atoms with Crippen molar-refractivity contribution in [1.82, 2.24) is 19.1 Å². The number of allylic oxidation sites excluding steroid dienone is 20. The summed E-state index contributed by atoms with van der Waals surface area (Å²) in [5.74, 6) is 0.169. The number of hydrogen-bond donors (Lipinski definition) is 2. The van der Waals surface area contributed by atoms with Crippen LogP contribution in [0.25, 0.3) is 22.3 Å². The summed E-state index contributed by atoms with van der Waals surface area (Å²) in [5.41, 5.74) is 17.9. The van der Waals surface area contributed by atoms with Crippen molar-refractivity contribution < 1.29 is 19.2 Å². The lowest BCUT2D eigenvalue weighted by molar-refractivity contribution is -0.114. The Hall–Kier alpha value is -8.88. The van der Waals surface area contributed by atoms with E-state index in [2.05, 4.69) is 343 Å². The van der Waals surface area contributed by atoms with Crippen molar-refractivity contribution in [2.24, 2.45) is 43.3 Å². The number of aromatic amines is 2. The molecule has 8 bridgehead atoms. The predicted octanol–water partition coefficient (Wildman–Crippen LogP) is 21.7. The fraction of sp³-hybridized carbons (Fsp3) is 0.378. The Balaban J connectivity index is 1.43. The molecule has 5 aliphatic rings. The number of H-pyrrole nitrogens is 2. The van der Waals surface area contributed by atoms with Crippen molar-refractivity contribution in [2.45, 2.75) is 179 Å². The zero-order valence-electron chi connectivity index (χ0n) is 63.0. The molecule has 508 valence electrons. The monoisotopic (exact) mass is 1300 g/mol. The van der Waals surface area contributed by atoms with Gasteiger partial charge in [-0.15, -0.1) is 0 Å². The molecule has 2 aromatic carbocycles. The van der Waals surface area contributed by atoms with Gasteiger partial charge in [-0.25, -0.2) is 0 Å². The normalized spacial score (nSPS) is 17.5. The van der Waals surface area contributed by atoms with E-state index in [0.717, 1.165) is 146 Å². The van der Waals surface area contributed by atoms with Gasteiger partial charge in [0.05, 0.1) is 22.8 Å². The summed E-state index contributed by atoms with van der Waals surface area (Å²) in [6.07, 6.45) is 17.1. The number of hydrogen-bond acceptors (Lipinski definition) is 4. The summed E-state index contributed by atoms with van der Waals surface area (Å²) in [5, 5.41) is 0. The molecule has 0 fully saturated rings. The highest BCUT2D eigenvalue weighted by Crippen LogP contribution is 2.50. The third-order valence-corrected chi connectivity index (χ3v) is 19.8. The van der Waals surface area contributed by atoms with Crippen LogP contribution < -0.4 is 0 Å².